The fourth-order valence-electron chi connectivity index (χ4n) is 2.75. The van der Waals surface area contributed by atoms with Crippen molar-refractivity contribution in [2.45, 2.75) is 32.6 Å². The van der Waals surface area contributed by atoms with Crippen LogP contribution in [0.2, 0.25) is 5.15 Å². The van der Waals surface area contributed by atoms with Gasteiger partial charge in [0.05, 0.1) is 12.5 Å². The van der Waals surface area contributed by atoms with E-state index in [2.05, 4.69) is 23.0 Å². The summed E-state index contributed by atoms with van der Waals surface area (Å²) in [5, 5.41) is 0.582. The Morgan fingerprint density at radius 1 is 1.30 bits per heavy atom. The molecule has 0 spiro atoms. The van der Waals surface area contributed by atoms with Crippen LogP contribution in [0.25, 0.3) is 0 Å². The molecule has 1 aliphatic rings. The Balaban J connectivity index is 2.07. The molecule has 2 aromatic rings. The maximum atomic E-state index is 6.30. The number of hydrogen-bond acceptors (Lipinski definition) is 3. The van der Waals surface area contributed by atoms with Crippen LogP contribution in [0, 0.1) is 6.92 Å². The second kappa shape index (κ2) is 5.41. The van der Waals surface area contributed by atoms with E-state index in [0.717, 1.165) is 41.2 Å². The summed E-state index contributed by atoms with van der Waals surface area (Å²) in [5.41, 5.74) is 3.17. The highest BCUT2D eigenvalue weighted by molar-refractivity contribution is 6.30. The molecule has 0 fully saturated rings. The summed E-state index contributed by atoms with van der Waals surface area (Å²) in [4.78, 5) is 9.20. The molecule has 0 amide bonds. The molecular formula is C16H17ClN2O. The maximum absolute atomic E-state index is 6.30. The highest BCUT2D eigenvalue weighted by atomic mass is 35.5. The molecule has 20 heavy (non-hydrogen) atoms. The molecule has 0 saturated carbocycles. The lowest BCUT2D eigenvalue weighted by Gasteiger charge is -2.25. The Labute approximate surface area is 124 Å². The molecular weight excluding hydrogens is 272 g/mol. The van der Waals surface area contributed by atoms with Crippen LogP contribution in [-0.2, 0) is 6.42 Å². The van der Waals surface area contributed by atoms with Crippen molar-refractivity contribution >= 4 is 11.6 Å². The number of benzene rings is 1. The highest BCUT2D eigenvalue weighted by Gasteiger charge is 2.26. The van der Waals surface area contributed by atoms with E-state index in [1.807, 2.05) is 25.1 Å². The molecule has 4 heteroatoms. The molecule has 0 aliphatic carbocycles. The predicted molar refractivity (Wildman–Crippen MR) is 79.6 cm³/mol. The second-order valence-corrected chi connectivity index (χ2v) is 5.38. The number of ether oxygens (including phenoxy) is 1. The lowest BCUT2D eigenvalue weighted by atomic mass is 9.92. The molecule has 1 atom stereocenters. The standard InChI is InChI=1S/C16H17ClN2O/c1-3-11-10(2)18-16(19-15(11)17)13-8-9-20-14-7-5-4-6-12(13)14/h4-7,13H,3,8-9H2,1-2H3. The van der Waals surface area contributed by atoms with Gasteiger partial charge in [0, 0.05) is 16.8 Å². The Hall–Kier alpha value is -1.61. The molecule has 1 aromatic carbocycles. The smallest absolute Gasteiger partial charge is 0.138 e. The van der Waals surface area contributed by atoms with Crippen LogP contribution in [0.4, 0.5) is 0 Å². The summed E-state index contributed by atoms with van der Waals surface area (Å²) < 4.78 is 5.69. The van der Waals surface area contributed by atoms with Crippen LogP contribution in [0.5, 0.6) is 5.75 Å². The van der Waals surface area contributed by atoms with Gasteiger partial charge in [0.25, 0.3) is 0 Å². The van der Waals surface area contributed by atoms with Gasteiger partial charge in [0.2, 0.25) is 0 Å². The quantitative estimate of drug-likeness (QED) is 0.786. The third kappa shape index (κ3) is 2.27. The van der Waals surface area contributed by atoms with Crippen molar-refractivity contribution in [1.82, 2.24) is 9.97 Å². The van der Waals surface area contributed by atoms with Gasteiger partial charge < -0.3 is 4.74 Å². The van der Waals surface area contributed by atoms with E-state index in [0.29, 0.717) is 11.8 Å². The minimum Gasteiger partial charge on any atom is -0.493 e. The summed E-state index contributed by atoms with van der Waals surface area (Å²) in [5.74, 6) is 1.91. The van der Waals surface area contributed by atoms with Gasteiger partial charge in [0.1, 0.15) is 16.7 Å². The molecule has 0 bridgehead atoms. The van der Waals surface area contributed by atoms with Gasteiger partial charge in [0.15, 0.2) is 0 Å². The number of aryl methyl sites for hydroxylation is 1. The first-order chi connectivity index (χ1) is 9.70. The summed E-state index contributed by atoms with van der Waals surface area (Å²) in [7, 11) is 0. The number of rotatable bonds is 2. The first-order valence-corrected chi connectivity index (χ1v) is 7.33. The summed E-state index contributed by atoms with van der Waals surface area (Å²) in [6, 6.07) is 8.09. The van der Waals surface area contributed by atoms with E-state index in [9.17, 15) is 0 Å². The number of aromatic nitrogens is 2. The third-order valence-electron chi connectivity index (χ3n) is 3.80. The Bertz CT molecular complexity index is 619. The summed E-state index contributed by atoms with van der Waals surface area (Å²) in [6.45, 7) is 4.76. The molecule has 1 unspecified atom stereocenters. The third-order valence-corrected chi connectivity index (χ3v) is 4.12. The fraction of sp³-hybridized carbons (Fsp3) is 0.375. The topological polar surface area (TPSA) is 35.0 Å². The average molecular weight is 289 g/mol. The van der Waals surface area contributed by atoms with Crippen LogP contribution in [0.1, 0.15) is 41.9 Å². The monoisotopic (exact) mass is 288 g/mol. The van der Waals surface area contributed by atoms with Crippen LogP contribution in [-0.4, -0.2) is 16.6 Å². The van der Waals surface area contributed by atoms with E-state index in [4.69, 9.17) is 16.3 Å². The lowest BCUT2D eigenvalue weighted by molar-refractivity contribution is 0.274. The summed E-state index contributed by atoms with van der Waals surface area (Å²) >= 11 is 6.30. The van der Waals surface area contributed by atoms with Crippen molar-refractivity contribution < 1.29 is 4.74 Å². The van der Waals surface area contributed by atoms with E-state index in [-0.39, 0.29) is 5.92 Å². The Morgan fingerprint density at radius 3 is 2.85 bits per heavy atom. The number of fused-ring (bicyclic) bond motifs is 1. The molecule has 0 N–H and O–H groups in total. The van der Waals surface area contributed by atoms with E-state index >= 15 is 0 Å². The first-order valence-electron chi connectivity index (χ1n) is 6.95. The van der Waals surface area contributed by atoms with Crippen LogP contribution >= 0.6 is 11.6 Å². The van der Waals surface area contributed by atoms with Crippen molar-refractivity contribution in [3.05, 3.63) is 52.1 Å². The van der Waals surface area contributed by atoms with Crippen LogP contribution < -0.4 is 4.74 Å². The van der Waals surface area contributed by atoms with Crippen LogP contribution in [0.3, 0.4) is 0 Å². The second-order valence-electron chi connectivity index (χ2n) is 5.02. The van der Waals surface area contributed by atoms with Crippen molar-refractivity contribution in [2.75, 3.05) is 6.61 Å². The predicted octanol–water partition coefficient (Wildman–Crippen LogP) is 3.92. The molecule has 3 nitrogen and oxygen atoms in total. The van der Waals surface area contributed by atoms with Gasteiger partial charge in [-0.25, -0.2) is 9.97 Å². The van der Waals surface area contributed by atoms with Crippen LogP contribution in [0.15, 0.2) is 24.3 Å². The van der Waals surface area contributed by atoms with Gasteiger partial charge in [-0.3, -0.25) is 0 Å². The molecule has 1 aromatic heterocycles. The van der Waals surface area contributed by atoms with Gasteiger partial charge in [-0.15, -0.1) is 0 Å². The minimum absolute atomic E-state index is 0.169. The molecule has 2 heterocycles. The lowest BCUT2D eigenvalue weighted by Crippen LogP contribution is -2.18. The van der Waals surface area contributed by atoms with Crippen molar-refractivity contribution in [3.8, 4) is 5.75 Å². The van der Waals surface area contributed by atoms with Crippen molar-refractivity contribution in [1.29, 1.82) is 0 Å². The fourth-order valence-corrected chi connectivity index (χ4v) is 3.11. The minimum atomic E-state index is 0.169. The zero-order valence-corrected chi connectivity index (χ0v) is 12.4. The van der Waals surface area contributed by atoms with Gasteiger partial charge in [-0.1, -0.05) is 36.7 Å². The number of hydrogen-bond donors (Lipinski definition) is 0. The normalized spacial score (nSPS) is 17.4. The molecule has 0 radical (unpaired) electrons. The van der Waals surface area contributed by atoms with Crippen molar-refractivity contribution in [3.63, 3.8) is 0 Å². The zero-order valence-electron chi connectivity index (χ0n) is 11.7. The Morgan fingerprint density at radius 2 is 2.10 bits per heavy atom. The Kier molecular flexibility index (Phi) is 3.62. The number of nitrogens with zero attached hydrogens (tertiary/aromatic N) is 2. The number of para-hydroxylation sites is 1. The maximum Gasteiger partial charge on any atom is 0.138 e. The van der Waals surface area contributed by atoms with E-state index < -0.39 is 0 Å². The number of halogens is 1. The molecule has 3 rings (SSSR count). The SMILES string of the molecule is CCc1c(C)nc(C2CCOc3ccccc32)nc1Cl. The molecule has 0 saturated heterocycles. The van der Waals surface area contributed by atoms with Gasteiger partial charge in [-0.05, 0) is 25.8 Å². The average Bonchev–Trinajstić information content (AvgIpc) is 2.46. The largest absolute Gasteiger partial charge is 0.493 e. The molecule has 1 aliphatic heterocycles. The zero-order chi connectivity index (χ0) is 14.1. The van der Waals surface area contributed by atoms with E-state index in [1.165, 1.54) is 0 Å². The highest BCUT2D eigenvalue weighted by Crippen LogP contribution is 2.37. The van der Waals surface area contributed by atoms with Crippen molar-refractivity contribution in [2.24, 2.45) is 0 Å². The van der Waals surface area contributed by atoms with Gasteiger partial charge in [-0.2, -0.15) is 0 Å². The summed E-state index contributed by atoms with van der Waals surface area (Å²) in [6.07, 6.45) is 1.74. The molecule has 104 valence electrons. The van der Waals surface area contributed by atoms with E-state index in [1.54, 1.807) is 0 Å². The first kappa shape index (κ1) is 13.4. The van der Waals surface area contributed by atoms with Gasteiger partial charge >= 0.3 is 0 Å².